The summed E-state index contributed by atoms with van der Waals surface area (Å²) in [5.41, 5.74) is 4.63. The van der Waals surface area contributed by atoms with Gasteiger partial charge in [-0.3, -0.25) is 4.90 Å². The number of para-hydroxylation sites is 1. The first-order chi connectivity index (χ1) is 9.74. The van der Waals surface area contributed by atoms with Crippen LogP contribution in [0.1, 0.15) is 16.7 Å². The summed E-state index contributed by atoms with van der Waals surface area (Å²) in [6.07, 6.45) is 0.939. The molecule has 0 atom stereocenters. The van der Waals surface area contributed by atoms with Gasteiger partial charge in [-0.2, -0.15) is 0 Å². The second-order valence-corrected chi connectivity index (χ2v) is 5.18. The lowest BCUT2D eigenvalue weighted by Crippen LogP contribution is -2.38. The average Bonchev–Trinajstić information content (AvgIpc) is 2.89. The Morgan fingerprint density at radius 1 is 1.20 bits per heavy atom. The topological polar surface area (TPSA) is 32.3 Å². The fourth-order valence-electron chi connectivity index (χ4n) is 2.64. The van der Waals surface area contributed by atoms with Gasteiger partial charge in [0.15, 0.2) is 0 Å². The Kier molecular flexibility index (Phi) is 3.42. The van der Waals surface area contributed by atoms with Gasteiger partial charge >= 0.3 is 6.03 Å². The third-order valence-electron chi connectivity index (χ3n) is 3.66. The molecule has 1 heterocycles. The van der Waals surface area contributed by atoms with Gasteiger partial charge < -0.3 is 5.32 Å². The molecule has 1 aliphatic rings. The van der Waals surface area contributed by atoms with Crippen LogP contribution in [0.25, 0.3) is 0 Å². The van der Waals surface area contributed by atoms with Crippen LogP contribution in [0.5, 0.6) is 0 Å². The van der Waals surface area contributed by atoms with E-state index in [0.717, 1.165) is 24.2 Å². The van der Waals surface area contributed by atoms with Crippen molar-refractivity contribution in [3.05, 3.63) is 65.2 Å². The highest BCUT2D eigenvalue weighted by molar-refractivity contribution is 5.94. The number of carbonyl (C=O) groups excluding carboxylic acids is 1. The van der Waals surface area contributed by atoms with Crippen LogP contribution in [0.3, 0.4) is 0 Å². The minimum Gasteiger partial charge on any atom is -0.334 e. The van der Waals surface area contributed by atoms with Crippen molar-refractivity contribution in [3.8, 4) is 0 Å². The Bertz CT molecular complexity index is 636. The van der Waals surface area contributed by atoms with E-state index in [0.29, 0.717) is 6.54 Å². The van der Waals surface area contributed by atoms with Crippen molar-refractivity contribution in [1.29, 1.82) is 0 Å². The molecular formula is C17H18N2O. The van der Waals surface area contributed by atoms with Crippen molar-refractivity contribution >= 4 is 11.7 Å². The van der Waals surface area contributed by atoms with Gasteiger partial charge in [-0.15, -0.1) is 0 Å². The van der Waals surface area contributed by atoms with E-state index >= 15 is 0 Å². The fraction of sp³-hybridized carbons (Fsp3) is 0.235. The maximum absolute atomic E-state index is 12.3. The van der Waals surface area contributed by atoms with E-state index in [-0.39, 0.29) is 6.03 Å². The fourth-order valence-corrected chi connectivity index (χ4v) is 2.64. The smallest absolute Gasteiger partial charge is 0.322 e. The number of benzene rings is 2. The summed E-state index contributed by atoms with van der Waals surface area (Å²) >= 11 is 0. The summed E-state index contributed by atoms with van der Waals surface area (Å²) < 4.78 is 0. The molecule has 20 heavy (non-hydrogen) atoms. The predicted octanol–water partition coefficient (Wildman–Crippen LogP) is 3.27. The molecule has 1 N–H and O–H groups in total. The van der Waals surface area contributed by atoms with Crippen molar-refractivity contribution in [2.24, 2.45) is 0 Å². The second kappa shape index (κ2) is 5.37. The Labute approximate surface area is 119 Å². The minimum atomic E-state index is -0.0172. The summed E-state index contributed by atoms with van der Waals surface area (Å²) in [5, 5.41) is 3.00. The highest BCUT2D eigenvalue weighted by Crippen LogP contribution is 2.27. The quantitative estimate of drug-likeness (QED) is 0.889. The Morgan fingerprint density at radius 2 is 2.05 bits per heavy atom. The summed E-state index contributed by atoms with van der Waals surface area (Å²) in [6.45, 7) is 3.39. The number of urea groups is 1. The van der Waals surface area contributed by atoms with Crippen LogP contribution >= 0.6 is 0 Å². The molecule has 3 heteroatoms. The number of nitrogens with zero attached hydrogens (tertiary/aromatic N) is 1. The number of amides is 2. The molecule has 1 aliphatic heterocycles. The zero-order chi connectivity index (χ0) is 13.9. The number of anilines is 1. The minimum absolute atomic E-state index is 0.0172. The maximum atomic E-state index is 12.3. The van der Waals surface area contributed by atoms with Crippen LogP contribution < -0.4 is 10.2 Å². The van der Waals surface area contributed by atoms with E-state index in [1.165, 1.54) is 11.1 Å². The van der Waals surface area contributed by atoms with Crippen LogP contribution in [0.2, 0.25) is 0 Å². The van der Waals surface area contributed by atoms with Crippen molar-refractivity contribution < 1.29 is 4.79 Å². The number of hydrogen-bond acceptors (Lipinski definition) is 1. The molecule has 0 aliphatic carbocycles. The predicted molar refractivity (Wildman–Crippen MR) is 80.9 cm³/mol. The molecule has 2 amide bonds. The van der Waals surface area contributed by atoms with E-state index in [2.05, 4.69) is 30.4 Å². The Balaban J connectivity index is 1.66. The van der Waals surface area contributed by atoms with Gasteiger partial charge in [-0.1, -0.05) is 48.0 Å². The van der Waals surface area contributed by atoms with E-state index in [9.17, 15) is 4.79 Å². The molecule has 2 aromatic carbocycles. The molecule has 3 rings (SSSR count). The van der Waals surface area contributed by atoms with Crippen molar-refractivity contribution in [3.63, 3.8) is 0 Å². The summed E-state index contributed by atoms with van der Waals surface area (Å²) in [7, 11) is 0. The van der Waals surface area contributed by atoms with E-state index in [4.69, 9.17) is 0 Å². The molecule has 0 saturated carbocycles. The molecule has 0 radical (unpaired) electrons. The van der Waals surface area contributed by atoms with Gasteiger partial charge in [0.25, 0.3) is 0 Å². The summed E-state index contributed by atoms with van der Waals surface area (Å²) in [4.78, 5) is 14.1. The molecule has 3 nitrogen and oxygen atoms in total. The second-order valence-electron chi connectivity index (χ2n) is 5.18. The van der Waals surface area contributed by atoms with Gasteiger partial charge in [0.1, 0.15) is 0 Å². The first-order valence-corrected chi connectivity index (χ1v) is 6.93. The van der Waals surface area contributed by atoms with Crippen LogP contribution in [-0.2, 0) is 13.0 Å². The van der Waals surface area contributed by atoms with Gasteiger partial charge in [-0.05, 0) is 30.5 Å². The third kappa shape index (κ3) is 2.52. The number of rotatable bonds is 2. The van der Waals surface area contributed by atoms with Gasteiger partial charge in [0.2, 0.25) is 0 Å². The highest BCUT2D eigenvalue weighted by Gasteiger charge is 2.23. The van der Waals surface area contributed by atoms with Crippen molar-refractivity contribution in [2.75, 3.05) is 11.4 Å². The molecule has 0 bridgehead atoms. The third-order valence-corrected chi connectivity index (χ3v) is 3.66. The highest BCUT2D eigenvalue weighted by atomic mass is 16.2. The van der Waals surface area contributed by atoms with Gasteiger partial charge in [0.05, 0.1) is 0 Å². The lowest BCUT2D eigenvalue weighted by molar-refractivity contribution is 0.246. The molecule has 102 valence electrons. The van der Waals surface area contributed by atoms with Gasteiger partial charge in [0, 0.05) is 18.8 Å². The molecule has 0 saturated heterocycles. The standard InChI is InChI=1S/C17H18N2O/c1-13-5-4-6-14(11-13)12-18-17(20)19-10-9-15-7-2-3-8-16(15)19/h2-8,11H,9-10,12H2,1H3,(H,18,20). The van der Waals surface area contributed by atoms with Crippen LogP contribution in [0.15, 0.2) is 48.5 Å². The van der Waals surface area contributed by atoms with Crippen LogP contribution in [0, 0.1) is 6.92 Å². The molecule has 0 unspecified atom stereocenters. The monoisotopic (exact) mass is 266 g/mol. The number of fused-ring (bicyclic) bond motifs is 1. The number of aryl methyl sites for hydroxylation is 1. The van der Waals surface area contributed by atoms with Crippen molar-refractivity contribution in [1.82, 2.24) is 5.32 Å². The molecule has 0 spiro atoms. The number of carbonyl (C=O) groups is 1. The lowest BCUT2D eigenvalue weighted by Gasteiger charge is -2.18. The van der Waals surface area contributed by atoms with E-state index in [1.807, 2.05) is 35.2 Å². The average molecular weight is 266 g/mol. The zero-order valence-corrected chi connectivity index (χ0v) is 11.6. The zero-order valence-electron chi connectivity index (χ0n) is 11.6. The number of nitrogens with one attached hydrogen (secondary N) is 1. The van der Waals surface area contributed by atoms with Crippen LogP contribution in [-0.4, -0.2) is 12.6 Å². The molecule has 2 aromatic rings. The normalized spacial score (nSPS) is 13.2. The summed E-state index contributed by atoms with van der Waals surface area (Å²) in [5.74, 6) is 0. The van der Waals surface area contributed by atoms with E-state index in [1.54, 1.807) is 0 Å². The van der Waals surface area contributed by atoms with E-state index < -0.39 is 0 Å². The van der Waals surface area contributed by atoms with Crippen molar-refractivity contribution in [2.45, 2.75) is 19.9 Å². The summed E-state index contributed by atoms with van der Waals surface area (Å²) in [6, 6.07) is 16.3. The SMILES string of the molecule is Cc1cccc(CNC(=O)N2CCc3ccccc32)c1. The first kappa shape index (κ1) is 12.7. The number of hydrogen-bond donors (Lipinski definition) is 1. The molecular weight excluding hydrogens is 248 g/mol. The molecule has 0 fully saturated rings. The lowest BCUT2D eigenvalue weighted by atomic mass is 10.1. The van der Waals surface area contributed by atoms with Crippen LogP contribution in [0.4, 0.5) is 10.5 Å². The van der Waals surface area contributed by atoms with Gasteiger partial charge in [-0.25, -0.2) is 4.79 Å². The largest absolute Gasteiger partial charge is 0.334 e. The maximum Gasteiger partial charge on any atom is 0.322 e. The Hall–Kier alpha value is -2.29. The Morgan fingerprint density at radius 3 is 2.90 bits per heavy atom. The molecule has 0 aromatic heterocycles. The first-order valence-electron chi connectivity index (χ1n) is 6.93.